The minimum Gasteiger partial charge on any atom is -0.491 e. The molecular weight excluding hydrogens is 372 g/mol. The summed E-state index contributed by atoms with van der Waals surface area (Å²) in [7, 11) is 1.91. The SMILES string of the molecule is CNCc1cc(Br)c(OCCC(C)(C)C#N)c(Br)c1. The molecule has 0 heterocycles. The van der Waals surface area contributed by atoms with E-state index in [0.717, 1.165) is 21.2 Å². The quantitative estimate of drug-likeness (QED) is 0.790. The number of hydrogen-bond donors (Lipinski definition) is 1. The van der Waals surface area contributed by atoms with Gasteiger partial charge in [-0.15, -0.1) is 0 Å². The maximum absolute atomic E-state index is 8.96. The predicted molar refractivity (Wildman–Crippen MR) is 84.1 cm³/mol. The van der Waals surface area contributed by atoms with E-state index < -0.39 is 0 Å². The molecule has 1 N–H and O–H groups in total. The number of nitriles is 1. The van der Waals surface area contributed by atoms with Gasteiger partial charge in [0, 0.05) is 6.54 Å². The van der Waals surface area contributed by atoms with Crippen molar-refractivity contribution in [3.8, 4) is 11.8 Å². The van der Waals surface area contributed by atoms with Gasteiger partial charge in [-0.3, -0.25) is 0 Å². The van der Waals surface area contributed by atoms with Crippen LogP contribution in [0, 0.1) is 16.7 Å². The fourth-order valence-corrected chi connectivity index (χ4v) is 3.03. The van der Waals surface area contributed by atoms with E-state index in [1.807, 2.05) is 33.0 Å². The van der Waals surface area contributed by atoms with Crippen LogP contribution in [0.25, 0.3) is 0 Å². The smallest absolute Gasteiger partial charge is 0.147 e. The summed E-state index contributed by atoms with van der Waals surface area (Å²) in [6, 6.07) is 6.34. The Bertz CT molecular complexity index is 458. The number of rotatable bonds is 6. The number of ether oxygens (including phenoxy) is 1. The minimum atomic E-state index is -0.356. The molecule has 0 radical (unpaired) electrons. The van der Waals surface area contributed by atoms with Crippen molar-refractivity contribution < 1.29 is 4.74 Å². The van der Waals surface area contributed by atoms with Gasteiger partial charge >= 0.3 is 0 Å². The fraction of sp³-hybridized carbons (Fsp3) is 0.500. The van der Waals surface area contributed by atoms with Crippen LogP contribution in [0.5, 0.6) is 5.75 Å². The number of nitrogens with zero attached hydrogens (tertiary/aromatic N) is 1. The zero-order valence-corrected chi connectivity index (χ0v) is 14.6. The third kappa shape index (κ3) is 5.13. The zero-order valence-electron chi connectivity index (χ0n) is 11.4. The Labute approximate surface area is 131 Å². The molecule has 0 saturated carbocycles. The van der Waals surface area contributed by atoms with Gasteiger partial charge in [-0.05, 0) is 76.9 Å². The highest BCUT2D eigenvalue weighted by molar-refractivity contribution is 9.11. The van der Waals surface area contributed by atoms with E-state index in [9.17, 15) is 0 Å². The van der Waals surface area contributed by atoms with Crippen LogP contribution in [-0.4, -0.2) is 13.7 Å². The first-order valence-electron chi connectivity index (χ1n) is 6.06. The summed E-state index contributed by atoms with van der Waals surface area (Å²) in [5.74, 6) is 0.786. The summed E-state index contributed by atoms with van der Waals surface area (Å²) in [4.78, 5) is 0. The summed E-state index contributed by atoms with van der Waals surface area (Å²) in [6.45, 7) is 5.15. The molecule has 0 bridgehead atoms. The Morgan fingerprint density at radius 2 is 1.89 bits per heavy atom. The van der Waals surface area contributed by atoms with Gasteiger partial charge in [0.05, 0.1) is 27.0 Å². The molecule has 0 aliphatic heterocycles. The monoisotopic (exact) mass is 388 g/mol. The second-order valence-corrected chi connectivity index (χ2v) is 6.72. The fourth-order valence-electron chi connectivity index (χ4n) is 1.52. The Kier molecular flexibility index (Phi) is 6.31. The Balaban J connectivity index is 2.72. The minimum absolute atomic E-state index is 0.356. The lowest BCUT2D eigenvalue weighted by atomic mass is 9.92. The highest BCUT2D eigenvalue weighted by Gasteiger charge is 2.17. The van der Waals surface area contributed by atoms with E-state index in [1.54, 1.807) is 0 Å². The van der Waals surface area contributed by atoms with Crippen LogP contribution in [0.1, 0.15) is 25.8 Å². The van der Waals surface area contributed by atoms with E-state index in [2.05, 4.69) is 43.2 Å². The van der Waals surface area contributed by atoms with Crippen molar-refractivity contribution in [3.05, 3.63) is 26.6 Å². The van der Waals surface area contributed by atoms with Crippen LogP contribution < -0.4 is 10.1 Å². The molecule has 1 aromatic rings. The van der Waals surface area contributed by atoms with Gasteiger partial charge in [-0.25, -0.2) is 0 Å². The molecule has 5 heteroatoms. The third-order valence-electron chi connectivity index (χ3n) is 2.72. The highest BCUT2D eigenvalue weighted by Crippen LogP contribution is 2.35. The van der Waals surface area contributed by atoms with Gasteiger partial charge in [-0.1, -0.05) is 0 Å². The maximum atomic E-state index is 8.96. The molecule has 0 aromatic heterocycles. The molecule has 0 spiro atoms. The lowest BCUT2D eigenvalue weighted by molar-refractivity contribution is 0.261. The molecule has 0 amide bonds. The molecule has 0 aliphatic carbocycles. The summed E-state index contributed by atoms with van der Waals surface area (Å²) in [5.41, 5.74) is 0.816. The van der Waals surface area contributed by atoms with E-state index >= 15 is 0 Å². The van der Waals surface area contributed by atoms with Crippen molar-refractivity contribution in [3.63, 3.8) is 0 Å². The normalized spacial score (nSPS) is 11.2. The Morgan fingerprint density at radius 3 is 2.37 bits per heavy atom. The molecular formula is C14H18Br2N2O. The summed E-state index contributed by atoms with van der Waals surface area (Å²) >= 11 is 7.04. The first-order valence-corrected chi connectivity index (χ1v) is 7.65. The van der Waals surface area contributed by atoms with Gasteiger partial charge in [0.1, 0.15) is 5.75 Å². The molecule has 1 aromatic carbocycles. The zero-order chi connectivity index (χ0) is 14.5. The van der Waals surface area contributed by atoms with Crippen LogP contribution in [0.3, 0.4) is 0 Å². The predicted octanol–water partition coefficient (Wildman–Crippen LogP) is 4.25. The number of hydrogen-bond acceptors (Lipinski definition) is 3. The van der Waals surface area contributed by atoms with Crippen LogP contribution in [0.4, 0.5) is 0 Å². The average Bonchev–Trinajstić information content (AvgIpc) is 2.33. The lowest BCUT2D eigenvalue weighted by Gasteiger charge is -2.17. The molecule has 0 atom stereocenters. The van der Waals surface area contributed by atoms with Gasteiger partial charge in [0.25, 0.3) is 0 Å². The van der Waals surface area contributed by atoms with Gasteiger partial charge in [-0.2, -0.15) is 5.26 Å². The van der Waals surface area contributed by atoms with Crippen LogP contribution in [0.2, 0.25) is 0 Å². The number of halogens is 2. The Hall–Kier alpha value is -0.570. The van der Waals surface area contributed by atoms with Crippen LogP contribution >= 0.6 is 31.9 Å². The topological polar surface area (TPSA) is 45.0 Å². The van der Waals surface area contributed by atoms with Crippen molar-refractivity contribution in [2.24, 2.45) is 5.41 Å². The standard InChI is InChI=1S/C14H18Br2N2O/c1-14(2,9-17)4-5-19-13-11(15)6-10(8-18-3)7-12(13)16/h6-7,18H,4-5,8H2,1-3H3. The van der Waals surface area contributed by atoms with E-state index in [4.69, 9.17) is 10.00 Å². The molecule has 0 aliphatic rings. The van der Waals surface area contributed by atoms with Crippen molar-refractivity contribution in [2.45, 2.75) is 26.8 Å². The molecule has 0 saturated heterocycles. The van der Waals surface area contributed by atoms with E-state index in [-0.39, 0.29) is 5.41 Å². The van der Waals surface area contributed by atoms with Gasteiger partial charge < -0.3 is 10.1 Å². The first-order chi connectivity index (χ1) is 8.89. The van der Waals surface area contributed by atoms with Crippen molar-refractivity contribution in [2.75, 3.05) is 13.7 Å². The molecule has 1 rings (SSSR count). The van der Waals surface area contributed by atoms with Crippen molar-refractivity contribution in [1.29, 1.82) is 5.26 Å². The van der Waals surface area contributed by atoms with E-state index in [0.29, 0.717) is 13.0 Å². The van der Waals surface area contributed by atoms with Crippen molar-refractivity contribution >= 4 is 31.9 Å². The van der Waals surface area contributed by atoms with Crippen LogP contribution in [-0.2, 0) is 6.54 Å². The van der Waals surface area contributed by atoms with E-state index in [1.165, 1.54) is 5.56 Å². The molecule has 104 valence electrons. The number of benzene rings is 1. The van der Waals surface area contributed by atoms with Crippen LogP contribution in [0.15, 0.2) is 21.1 Å². The molecule has 19 heavy (non-hydrogen) atoms. The highest BCUT2D eigenvalue weighted by atomic mass is 79.9. The summed E-state index contributed by atoms with van der Waals surface area (Å²) in [5, 5.41) is 12.1. The largest absolute Gasteiger partial charge is 0.491 e. The third-order valence-corrected chi connectivity index (χ3v) is 3.89. The molecule has 3 nitrogen and oxygen atoms in total. The second kappa shape index (κ2) is 7.28. The summed E-state index contributed by atoms with van der Waals surface area (Å²) < 4.78 is 7.61. The first kappa shape index (κ1) is 16.5. The van der Waals surface area contributed by atoms with Gasteiger partial charge in [0.2, 0.25) is 0 Å². The number of nitrogens with one attached hydrogen (secondary N) is 1. The average molecular weight is 390 g/mol. The second-order valence-electron chi connectivity index (χ2n) is 5.01. The molecule has 0 unspecified atom stereocenters. The lowest BCUT2D eigenvalue weighted by Crippen LogP contribution is -2.13. The van der Waals surface area contributed by atoms with Crippen molar-refractivity contribution in [1.82, 2.24) is 5.32 Å². The maximum Gasteiger partial charge on any atom is 0.147 e. The summed E-state index contributed by atoms with van der Waals surface area (Å²) in [6.07, 6.45) is 0.695. The van der Waals surface area contributed by atoms with Gasteiger partial charge in [0.15, 0.2) is 0 Å². The molecule has 0 fully saturated rings. The Morgan fingerprint density at radius 1 is 1.32 bits per heavy atom.